The highest BCUT2D eigenvalue weighted by Gasteiger charge is 2.27. The molecule has 75 heavy (non-hydrogen) atoms. The molecular formula is C63H105N3O9. The number of carbonyl (C=O) groups excluding carboxylic acids is 5. The van der Waals surface area contributed by atoms with Crippen molar-refractivity contribution in [2.24, 2.45) is 0 Å². The number of amides is 3. The predicted molar refractivity (Wildman–Crippen MR) is 304 cm³/mol. The zero-order chi connectivity index (χ0) is 54.2. The highest BCUT2D eigenvalue weighted by Crippen LogP contribution is 2.19. The Labute approximate surface area is 455 Å². The fourth-order valence-corrected chi connectivity index (χ4v) is 9.44. The van der Waals surface area contributed by atoms with Crippen LogP contribution in [0.2, 0.25) is 0 Å². The summed E-state index contributed by atoms with van der Waals surface area (Å²) in [6.07, 6.45) is 32.5. The molecule has 2 rings (SSSR count). The first-order valence-corrected chi connectivity index (χ1v) is 30.2. The van der Waals surface area contributed by atoms with E-state index in [4.69, 9.17) is 14.2 Å². The van der Waals surface area contributed by atoms with Gasteiger partial charge in [-0.1, -0.05) is 242 Å². The summed E-state index contributed by atoms with van der Waals surface area (Å²) in [5.41, 5.74) is 1.84. The van der Waals surface area contributed by atoms with Gasteiger partial charge in [0, 0.05) is 13.0 Å². The van der Waals surface area contributed by atoms with Crippen LogP contribution in [-0.2, 0) is 51.4 Å². The lowest BCUT2D eigenvalue weighted by Gasteiger charge is -2.22. The van der Waals surface area contributed by atoms with Gasteiger partial charge >= 0.3 is 11.9 Å². The molecule has 0 aliphatic rings. The van der Waals surface area contributed by atoms with Crippen molar-refractivity contribution in [3.05, 3.63) is 71.8 Å². The Morgan fingerprint density at radius 1 is 0.467 bits per heavy atom. The summed E-state index contributed by atoms with van der Waals surface area (Å²) in [6.45, 7) is 7.01. The number of hydrogen-bond acceptors (Lipinski definition) is 9. The van der Waals surface area contributed by atoms with Crippen molar-refractivity contribution < 1.29 is 43.3 Å². The topological polar surface area (TPSA) is 169 Å². The van der Waals surface area contributed by atoms with E-state index in [1.165, 1.54) is 116 Å². The molecule has 0 unspecified atom stereocenters. The third-order valence-electron chi connectivity index (χ3n) is 14.1. The van der Waals surface area contributed by atoms with Crippen molar-refractivity contribution in [2.45, 2.75) is 283 Å². The fourth-order valence-electron chi connectivity index (χ4n) is 9.44. The molecule has 0 radical (unpaired) electrons. The van der Waals surface area contributed by atoms with Crippen LogP contribution in [0, 0.1) is 0 Å². The summed E-state index contributed by atoms with van der Waals surface area (Å²) < 4.78 is 17.8. The number of aliphatic hydroxyl groups excluding tert-OH is 1. The van der Waals surface area contributed by atoms with Gasteiger partial charge in [-0.25, -0.2) is 0 Å². The molecule has 0 fully saturated rings. The van der Waals surface area contributed by atoms with Crippen molar-refractivity contribution in [2.75, 3.05) is 13.2 Å². The summed E-state index contributed by atoms with van der Waals surface area (Å²) in [6, 6.07) is 17.4. The molecule has 0 aliphatic heterocycles. The van der Waals surface area contributed by atoms with Crippen LogP contribution in [0.15, 0.2) is 60.7 Å². The van der Waals surface area contributed by atoms with E-state index in [1.807, 2.05) is 60.7 Å². The van der Waals surface area contributed by atoms with E-state index in [0.29, 0.717) is 32.3 Å². The lowest BCUT2D eigenvalue weighted by atomic mass is 10.0. The summed E-state index contributed by atoms with van der Waals surface area (Å²) in [4.78, 5) is 67.3. The van der Waals surface area contributed by atoms with Gasteiger partial charge in [-0.3, -0.25) is 24.0 Å². The van der Waals surface area contributed by atoms with E-state index in [-0.39, 0.29) is 50.6 Å². The van der Waals surface area contributed by atoms with Crippen LogP contribution in [0.1, 0.15) is 257 Å². The lowest BCUT2D eigenvalue weighted by molar-refractivity contribution is -0.151. The van der Waals surface area contributed by atoms with Crippen LogP contribution < -0.4 is 16.0 Å². The number of aliphatic hydroxyl groups is 1. The maximum atomic E-state index is 13.8. The number of esters is 2. The maximum Gasteiger partial charge on any atom is 0.308 e. The van der Waals surface area contributed by atoms with Gasteiger partial charge in [0.05, 0.1) is 44.6 Å². The van der Waals surface area contributed by atoms with Crippen LogP contribution in [-0.4, -0.2) is 72.2 Å². The highest BCUT2D eigenvalue weighted by molar-refractivity contribution is 5.91. The van der Waals surface area contributed by atoms with Crippen molar-refractivity contribution in [1.82, 2.24) is 16.0 Å². The third kappa shape index (κ3) is 38.0. The van der Waals surface area contributed by atoms with E-state index in [1.54, 1.807) is 0 Å². The predicted octanol–water partition coefficient (Wildman–Crippen LogP) is 14.0. The number of unbranched alkanes of at least 4 members (excludes halogenated alkanes) is 24. The van der Waals surface area contributed by atoms with Gasteiger partial charge in [0.25, 0.3) is 0 Å². The quantitative estimate of drug-likeness (QED) is 0.0372. The Morgan fingerprint density at radius 3 is 1.41 bits per heavy atom. The Bertz CT molecular complexity index is 1710. The SMILES string of the molecule is CCCCCCCCCCCC(=O)O[C@H](CCCCCCCCCCC)CC(=O)N[C@@H](CC(=O)OCc1ccccc1)C(=O)NCCC[C@H](CO)NC(=O)C[C@@H](CCCCCCCCCCC)OCc1ccccc1. The van der Waals surface area contributed by atoms with Gasteiger partial charge in [0.1, 0.15) is 18.8 Å². The van der Waals surface area contributed by atoms with E-state index < -0.39 is 42.4 Å². The van der Waals surface area contributed by atoms with E-state index in [0.717, 1.165) is 75.3 Å². The van der Waals surface area contributed by atoms with E-state index in [9.17, 15) is 29.1 Å². The molecule has 2 aromatic rings. The van der Waals surface area contributed by atoms with Gasteiger partial charge in [-0.15, -0.1) is 0 Å². The van der Waals surface area contributed by atoms with E-state index >= 15 is 0 Å². The largest absolute Gasteiger partial charge is 0.462 e. The van der Waals surface area contributed by atoms with Gasteiger partial charge < -0.3 is 35.3 Å². The van der Waals surface area contributed by atoms with Crippen LogP contribution in [0.3, 0.4) is 0 Å². The number of rotatable bonds is 50. The molecule has 12 heteroatoms. The Kier molecular flexibility index (Phi) is 41.8. The van der Waals surface area contributed by atoms with Gasteiger partial charge in [-0.2, -0.15) is 0 Å². The van der Waals surface area contributed by atoms with Crippen LogP contribution in [0.25, 0.3) is 0 Å². The zero-order valence-corrected chi connectivity index (χ0v) is 47.4. The molecule has 426 valence electrons. The molecule has 3 amide bonds. The minimum absolute atomic E-state index is 0.0190. The molecule has 0 saturated carbocycles. The first-order chi connectivity index (χ1) is 36.7. The highest BCUT2D eigenvalue weighted by atomic mass is 16.5. The van der Waals surface area contributed by atoms with Crippen molar-refractivity contribution >= 4 is 29.7 Å². The van der Waals surface area contributed by atoms with Crippen molar-refractivity contribution in [3.8, 4) is 0 Å². The molecule has 12 nitrogen and oxygen atoms in total. The number of benzene rings is 2. The average molecular weight is 1050 g/mol. The molecule has 0 bridgehead atoms. The minimum atomic E-state index is -1.24. The summed E-state index contributed by atoms with van der Waals surface area (Å²) >= 11 is 0. The Morgan fingerprint density at radius 2 is 0.907 bits per heavy atom. The third-order valence-corrected chi connectivity index (χ3v) is 14.1. The minimum Gasteiger partial charge on any atom is -0.462 e. The van der Waals surface area contributed by atoms with Crippen LogP contribution in [0.4, 0.5) is 0 Å². The lowest BCUT2D eigenvalue weighted by Crippen LogP contribution is -2.49. The zero-order valence-electron chi connectivity index (χ0n) is 47.4. The molecule has 0 saturated heterocycles. The van der Waals surface area contributed by atoms with Gasteiger partial charge in [0.2, 0.25) is 17.7 Å². The van der Waals surface area contributed by atoms with Crippen molar-refractivity contribution in [3.63, 3.8) is 0 Å². The second kappa shape index (κ2) is 47.0. The molecule has 0 aliphatic carbocycles. The van der Waals surface area contributed by atoms with Gasteiger partial charge in [-0.05, 0) is 49.7 Å². The number of ether oxygens (including phenoxy) is 3. The standard InChI is InChI=1S/C63H105N3O9/c1-4-7-10-13-16-19-22-25-34-43-56(73-51-53-38-30-28-31-39-53)47-59(68)65-55(50-67)42-37-46-64-63(72)58(49-62(71)74-52-54-40-32-29-33-41-54)66-60(69)48-57(44-35-26-23-20-17-14-11-8-5-2)75-61(70)45-36-27-24-21-18-15-12-9-6-3/h28-33,38-41,55-58,67H,4-27,34-37,42-52H2,1-3H3,(H,64,72)(H,65,68)(H,66,69)/t55-,56-,57-,58+/m1/s1. The number of hydrogen-bond donors (Lipinski definition) is 4. The molecule has 0 aromatic heterocycles. The normalized spacial score (nSPS) is 12.9. The molecular weight excluding hydrogens is 943 g/mol. The maximum absolute atomic E-state index is 13.8. The monoisotopic (exact) mass is 1050 g/mol. The molecule has 4 N–H and O–H groups in total. The second-order valence-corrected chi connectivity index (χ2v) is 21.1. The number of nitrogens with one attached hydrogen (secondary N) is 3. The Hall–Kier alpha value is -4.29. The van der Waals surface area contributed by atoms with Gasteiger partial charge in [0.15, 0.2) is 0 Å². The molecule has 4 atom stereocenters. The van der Waals surface area contributed by atoms with Crippen LogP contribution in [0.5, 0.6) is 0 Å². The molecule has 0 spiro atoms. The first kappa shape index (κ1) is 66.8. The van der Waals surface area contributed by atoms with Crippen molar-refractivity contribution in [1.29, 1.82) is 0 Å². The van der Waals surface area contributed by atoms with E-state index in [2.05, 4.69) is 36.7 Å². The molecule has 0 heterocycles. The summed E-state index contributed by atoms with van der Waals surface area (Å²) in [7, 11) is 0. The fraction of sp³-hybridized carbons (Fsp3) is 0.730. The number of carbonyl (C=O) groups is 5. The first-order valence-electron chi connectivity index (χ1n) is 30.2. The average Bonchev–Trinajstić information content (AvgIpc) is 3.41. The second-order valence-electron chi connectivity index (χ2n) is 21.1. The molecule has 2 aromatic carbocycles. The smallest absolute Gasteiger partial charge is 0.308 e. The van der Waals surface area contributed by atoms with Crippen LogP contribution >= 0.6 is 0 Å². The summed E-state index contributed by atoms with van der Waals surface area (Å²) in [5, 5.41) is 18.9. The Balaban J connectivity index is 2.01. The summed E-state index contributed by atoms with van der Waals surface area (Å²) in [5.74, 6) is -2.21.